The maximum Gasteiger partial charge on any atom is 0.264 e. The minimum Gasteiger partial charge on any atom is -0.493 e. The normalized spacial score (nSPS) is 19.7. The highest BCUT2D eigenvalue weighted by Gasteiger charge is 2.30. The number of primary amides is 1. The fraction of sp³-hybridized carbons (Fsp3) is 0.526. The van der Waals surface area contributed by atoms with Crippen molar-refractivity contribution in [1.82, 2.24) is 5.32 Å². The fourth-order valence-electron chi connectivity index (χ4n) is 3.34. The van der Waals surface area contributed by atoms with Gasteiger partial charge >= 0.3 is 0 Å². The van der Waals surface area contributed by atoms with Crippen molar-refractivity contribution in [1.29, 1.82) is 0 Å². The van der Waals surface area contributed by atoms with E-state index in [2.05, 4.69) is 10.5 Å². The summed E-state index contributed by atoms with van der Waals surface area (Å²) in [4.78, 5) is 28.6. The molecule has 1 aliphatic heterocycles. The Labute approximate surface area is 158 Å². The van der Waals surface area contributed by atoms with Crippen molar-refractivity contribution >= 4 is 17.5 Å². The Morgan fingerprint density at radius 1 is 1.26 bits per heavy atom. The number of hydrogen-bond acceptors (Lipinski definition) is 6. The summed E-state index contributed by atoms with van der Waals surface area (Å²) >= 11 is 0. The van der Waals surface area contributed by atoms with Crippen molar-refractivity contribution in [2.45, 2.75) is 50.7 Å². The van der Waals surface area contributed by atoms with E-state index < -0.39 is 12.0 Å². The molecule has 2 aliphatic rings. The lowest BCUT2D eigenvalue weighted by atomic mass is 9.95. The summed E-state index contributed by atoms with van der Waals surface area (Å²) in [5, 5.41) is 7.13. The molecule has 1 aromatic carbocycles. The summed E-state index contributed by atoms with van der Waals surface area (Å²) in [5.41, 5.74) is 6.53. The van der Waals surface area contributed by atoms with Crippen LogP contribution in [0.25, 0.3) is 0 Å². The summed E-state index contributed by atoms with van der Waals surface area (Å²) in [7, 11) is 1.50. The van der Waals surface area contributed by atoms with Crippen LogP contribution in [-0.2, 0) is 14.4 Å². The Morgan fingerprint density at radius 2 is 2.04 bits per heavy atom. The summed E-state index contributed by atoms with van der Waals surface area (Å²) in [6.45, 7) is -0.233. The van der Waals surface area contributed by atoms with Gasteiger partial charge in [-0.25, -0.2) is 0 Å². The van der Waals surface area contributed by atoms with Gasteiger partial charge in [-0.15, -0.1) is 0 Å². The maximum absolute atomic E-state index is 12.4. The Balaban J connectivity index is 1.60. The minimum absolute atomic E-state index is 0.117. The van der Waals surface area contributed by atoms with Gasteiger partial charge in [-0.2, -0.15) is 0 Å². The largest absolute Gasteiger partial charge is 0.493 e. The second-order valence-corrected chi connectivity index (χ2v) is 6.80. The van der Waals surface area contributed by atoms with Gasteiger partial charge in [0.1, 0.15) is 0 Å². The standard InChI is InChI=1S/C19H25N3O5/c1-25-16-9-12(7-8-15(16)26-11-18(20)23)14-10-17(27-22-14)19(24)21-13-5-3-2-4-6-13/h7-9,13,17H,2-6,10-11H2,1H3,(H2,20,23)(H,21,24)/t17-/m1/s1. The predicted octanol–water partition coefficient (Wildman–Crippen LogP) is 1.50. The smallest absolute Gasteiger partial charge is 0.264 e. The van der Waals surface area contributed by atoms with Gasteiger partial charge in [0.15, 0.2) is 18.1 Å². The van der Waals surface area contributed by atoms with Gasteiger partial charge in [0, 0.05) is 18.0 Å². The molecule has 0 bridgehead atoms. The first-order chi connectivity index (χ1) is 13.1. The third-order valence-electron chi connectivity index (χ3n) is 4.78. The number of hydrogen-bond donors (Lipinski definition) is 2. The number of ether oxygens (including phenoxy) is 2. The lowest BCUT2D eigenvalue weighted by Crippen LogP contribution is -2.42. The molecule has 0 radical (unpaired) electrons. The molecule has 0 spiro atoms. The summed E-state index contributed by atoms with van der Waals surface area (Å²) in [6.07, 6.45) is 5.37. The topological polar surface area (TPSA) is 112 Å². The number of methoxy groups -OCH3 is 1. The fourth-order valence-corrected chi connectivity index (χ4v) is 3.34. The molecule has 1 aliphatic carbocycles. The van der Waals surface area contributed by atoms with Crippen molar-refractivity contribution < 1.29 is 23.9 Å². The van der Waals surface area contributed by atoms with Gasteiger partial charge < -0.3 is 25.4 Å². The zero-order valence-corrected chi connectivity index (χ0v) is 15.4. The number of benzene rings is 1. The molecule has 27 heavy (non-hydrogen) atoms. The molecule has 0 aromatic heterocycles. The van der Waals surface area contributed by atoms with Crippen LogP contribution >= 0.6 is 0 Å². The molecule has 1 aromatic rings. The summed E-state index contributed by atoms with van der Waals surface area (Å²) in [6, 6.07) is 5.43. The average molecular weight is 375 g/mol. The number of carbonyl (C=O) groups is 2. The van der Waals surface area contributed by atoms with Crippen LogP contribution in [0.2, 0.25) is 0 Å². The zero-order valence-electron chi connectivity index (χ0n) is 15.4. The van der Waals surface area contributed by atoms with E-state index in [1.54, 1.807) is 18.2 Å². The van der Waals surface area contributed by atoms with Crippen LogP contribution in [0.1, 0.15) is 44.1 Å². The van der Waals surface area contributed by atoms with E-state index in [-0.39, 0.29) is 18.6 Å². The van der Waals surface area contributed by atoms with Crippen LogP contribution in [-0.4, -0.2) is 43.4 Å². The van der Waals surface area contributed by atoms with E-state index in [0.29, 0.717) is 23.6 Å². The second kappa shape index (κ2) is 8.75. The quantitative estimate of drug-likeness (QED) is 0.750. The minimum atomic E-state index is -0.612. The number of nitrogens with two attached hydrogens (primary N) is 1. The van der Waals surface area contributed by atoms with Crippen LogP contribution in [0.15, 0.2) is 23.4 Å². The number of nitrogens with one attached hydrogen (secondary N) is 1. The van der Waals surface area contributed by atoms with Crippen molar-refractivity contribution in [2.24, 2.45) is 10.9 Å². The average Bonchev–Trinajstić information content (AvgIpc) is 3.17. The first kappa shape index (κ1) is 19.0. The Bertz CT molecular complexity index is 728. The van der Waals surface area contributed by atoms with Gasteiger partial charge in [-0.1, -0.05) is 24.4 Å². The molecule has 3 N–H and O–H groups in total. The van der Waals surface area contributed by atoms with Crippen LogP contribution in [0.3, 0.4) is 0 Å². The highest BCUT2D eigenvalue weighted by molar-refractivity contribution is 6.04. The van der Waals surface area contributed by atoms with Crippen molar-refractivity contribution in [3.05, 3.63) is 23.8 Å². The van der Waals surface area contributed by atoms with Gasteiger partial charge in [-0.05, 0) is 31.0 Å². The number of carbonyl (C=O) groups excluding carboxylic acids is 2. The summed E-state index contributed by atoms with van der Waals surface area (Å²) in [5.74, 6) is 0.174. The Morgan fingerprint density at radius 3 is 2.74 bits per heavy atom. The number of rotatable bonds is 7. The van der Waals surface area contributed by atoms with Gasteiger partial charge in [-0.3, -0.25) is 9.59 Å². The molecule has 146 valence electrons. The molecule has 2 amide bonds. The first-order valence-corrected chi connectivity index (χ1v) is 9.19. The molecule has 1 saturated carbocycles. The SMILES string of the molecule is COc1cc(C2=NO[C@@H](C(=O)NC3CCCCC3)C2)ccc1OCC(N)=O. The number of nitrogens with zero attached hydrogens (tertiary/aromatic N) is 1. The predicted molar refractivity (Wildman–Crippen MR) is 98.7 cm³/mol. The maximum atomic E-state index is 12.4. The zero-order chi connectivity index (χ0) is 19.2. The van der Waals surface area contributed by atoms with Gasteiger partial charge in [0.2, 0.25) is 6.10 Å². The third-order valence-corrected chi connectivity index (χ3v) is 4.78. The first-order valence-electron chi connectivity index (χ1n) is 9.19. The molecule has 1 atom stereocenters. The molecule has 0 unspecified atom stereocenters. The number of oxime groups is 1. The van der Waals surface area contributed by atoms with E-state index in [1.165, 1.54) is 13.5 Å². The molecule has 3 rings (SSSR count). The molecule has 0 saturated heterocycles. The Kier molecular flexibility index (Phi) is 6.16. The van der Waals surface area contributed by atoms with Crippen LogP contribution in [0.5, 0.6) is 11.5 Å². The van der Waals surface area contributed by atoms with Crippen LogP contribution in [0.4, 0.5) is 0 Å². The van der Waals surface area contributed by atoms with Crippen molar-refractivity contribution in [3.63, 3.8) is 0 Å². The van der Waals surface area contributed by atoms with Crippen LogP contribution in [0, 0.1) is 0 Å². The molecule has 8 nitrogen and oxygen atoms in total. The monoisotopic (exact) mass is 375 g/mol. The van der Waals surface area contributed by atoms with Crippen molar-refractivity contribution in [3.8, 4) is 11.5 Å². The highest BCUT2D eigenvalue weighted by Crippen LogP contribution is 2.30. The molecular weight excluding hydrogens is 350 g/mol. The molecule has 8 heteroatoms. The van der Waals surface area contributed by atoms with E-state index >= 15 is 0 Å². The summed E-state index contributed by atoms with van der Waals surface area (Å²) < 4.78 is 10.6. The lowest BCUT2D eigenvalue weighted by molar-refractivity contribution is -0.132. The van der Waals surface area contributed by atoms with E-state index in [1.807, 2.05) is 0 Å². The lowest BCUT2D eigenvalue weighted by Gasteiger charge is -2.23. The third kappa shape index (κ3) is 4.90. The van der Waals surface area contributed by atoms with E-state index in [9.17, 15) is 9.59 Å². The van der Waals surface area contributed by atoms with Gasteiger partial charge in [0.25, 0.3) is 11.8 Å². The highest BCUT2D eigenvalue weighted by atomic mass is 16.6. The van der Waals surface area contributed by atoms with Crippen LogP contribution < -0.4 is 20.5 Å². The van der Waals surface area contributed by atoms with E-state index in [0.717, 1.165) is 31.2 Å². The second-order valence-electron chi connectivity index (χ2n) is 6.80. The van der Waals surface area contributed by atoms with Gasteiger partial charge in [0.05, 0.1) is 12.8 Å². The molecular formula is C19H25N3O5. The van der Waals surface area contributed by atoms with E-state index in [4.69, 9.17) is 20.0 Å². The molecule has 1 fully saturated rings. The number of amides is 2. The van der Waals surface area contributed by atoms with Crippen molar-refractivity contribution in [2.75, 3.05) is 13.7 Å². The Hall–Kier alpha value is -2.77. The molecule has 1 heterocycles.